The molecule has 0 saturated heterocycles. The van der Waals surface area contributed by atoms with E-state index in [0.717, 1.165) is 0 Å². The van der Waals surface area contributed by atoms with Gasteiger partial charge in [-0.15, -0.1) is 0 Å². The minimum atomic E-state index is -2.60. The van der Waals surface area contributed by atoms with Crippen LogP contribution in [0.25, 0.3) is 0 Å². The van der Waals surface area contributed by atoms with Gasteiger partial charge in [-0.25, -0.2) is 18.4 Å². The molecule has 1 aromatic carbocycles. The van der Waals surface area contributed by atoms with Gasteiger partial charge in [0.2, 0.25) is 0 Å². The molecule has 0 fully saturated rings. The van der Waals surface area contributed by atoms with Crippen molar-refractivity contribution < 1.29 is 33.0 Å². The maximum atomic E-state index is 12.0. The molecule has 1 unspecified atom stereocenters. The summed E-state index contributed by atoms with van der Waals surface area (Å²) in [7, 11) is 0. The summed E-state index contributed by atoms with van der Waals surface area (Å²) in [5.74, 6) is -1.10. The molecule has 0 bridgehead atoms. The number of ether oxygens (including phenoxy) is 2. The van der Waals surface area contributed by atoms with Gasteiger partial charge in [0, 0.05) is 0 Å². The molecule has 8 heteroatoms. The van der Waals surface area contributed by atoms with Crippen LogP contribution in [0, 0.1) is 0 Å². The van der Waals surface area contributed by atoms with Gasteiger partial charge in [-0.3, -0.25) is 0 Å². The summed E-state index contributed by atoms with van der Waals surface area (Å²) in [4.78, 5) is 23.0. The Morgan fingerprint density at radius 2 is 1.78 bits per heavy atom. The third-order valence-electron chi connectivity index (χ3n) is 2.50. The van der Waals surface area contributed by atoms with E-state index in [1.54, 1.807) is 20.8 Å². The van der Waals surface area contributed by atoms with E-state index in [2.05, 4.69) is 5.32 Å². The van der Waals surface area contributed by atoms with Crippen molar-refractivity contribution in [3.8, 4) is 5.75 Å². The SMILES string of the molecule is CC(C)(C)OC(=O)NC(C(=O)O)c1ccc(OCC(F)F)cc1. The van der Waals surface area contributed by atoms with Gasteiger partial charge in [0.25, 0.3) is 6.43 Å². The van der Waals surface area contributed by atoms with Crippen LogP contribution in [-0.4, -0.2) is 35.8 Å². The second kappa shape index (κ2) is 7.75. The number of benzene rings is 1. The average molecular weight is 331 g/mol. The molecule has 0 saturated carbocycles. The first-order valence-electron chi connectivity index (χ1n) is 6.81. The van der Waals surface area contributed by atoms with Crippen LogP contribution in [-0.2, 0) is 9.53 Å². The van der Waals surface area contributed by atoms with Gasteiger partial charge in [0.05, 0.1) is 0 Å². The van der Waals surface area contributed by atoms with E-state index in [1.807, 2.05) is 0 Å². The van der Waals surface area contributed by atoms with Gasteiger partial charge >= 0.3 is 12.1 Å². The Morgan fingerprint density at radius 3 is 2.22 bits per heavy atom. The number of halogens is 2. The Kier molecular flexibility index (Phi) is 6.29. The predicted octanol–water partition coefficient (Wildman–Crippen LogP) is 2.98. The fourth-order valence-electron chi connectivity index (χ4n) is 1.63. The predicted molar refractivity (Wildman–Crippen MR) is 77.7 cm³/mol. The monoisotopic (exact) mass is 331 g/mol. The highest BCUT2D eigenvalue weighted by molar-refractivity contribution is 5.81. The van der Waals surface area contributed by atoms with E-state index in [4.69, 9.17) is 9.47 Å². The van der Waals surface area contributed by atoms with Gasteiger partial charge in [-0.1, -0.05) is 12.1 Å². The molecule has 1 rings (SSSR count). The summed E-state index contributed by atoms with van der Waals surface area (Å²) < 4.78 is 33.9. The van der Waals surface area contributed by atoms with Crippen LogP contribution in [0.5, 0.6) is 5.75 Å². The van der Waals surface area contributed by atoms with Gasteiger partial charge in [0.1, 0.15) is 18.0 Å². The lowest BCUT2D eigenvalue weighted by Crippen LogP contribution is -2.38. The number of carbonyl (C=O) groups is 2. The lowest BCUT2D eigenvalue weighted by atomic mass is 10.1. The third kappa shape index (κ3) is 6.94. The Balaban J connectivity index is 2.78. The van der Waals surface area contributed by atoms with E-state index in [-0.39, 0.29) is 11.3 Å². The summed E-state index contributed by atoms with van der Waals surface area (Å²) in [5, 5.41) is 11.5. The Hall–Kier alpha value is -2.38. The molecule has 0 aliphatic heterocycles. The van der Waals surface area contributed by atoms with E-state index >= 15 is 0 Å². The van der Waals surface area contributed by atoms with Crippen LogP contribution >= 0.6 is 0 Å². The molecule has 0 heterocycles. The van der Waals surface area contributed by atoms with Crippen molar-refractivity contribution in [2.24, 2.45) is 0 Å². The first kappa shape index (κ1) is 18.7. The number of amides is 1. The van der Waals surface area contributed by atoms with Crippen molar-refractivity contribution in [1.29, 1.82) is 0 Å². The minimum absolute atomic E-state index is 0.176. The topological polar surface area (TPSA) is 84.9 Å². The minimum Gasteiger partial charge on any atom is -0.488 e. The summed E-state index contributed by atoms with van der Waals surface area (Å²) in [6.45, 7) is 4.20. The molecule has 1 aromatic rings. The van der Waals surface area contributed by atoms with Crippen LogP contribution in [0.15, 0.2) is 24.3 Å². The van der Waals surface area contributed by atoms with Gasteiger partial charge in [0.15, 0.2) is 6.04 Å². The molecule has 0 spiro atoms. The van der Waals surface area contributed by atoms with Crippen molar-refractivity contribution in [2.75, 3.05) is 6.61 Å². The van der Waals surface area contributed by atoms with Crippen LogP contribution in [0.4, 0.5) is 13.6 Å². The van der Waals surface area contributed by atoms with Crippen LogP contribution in [0.3, 0.4) is 0 Å². The number of aliphatic carboxylic acids is 1. The summed E-state index contributed by atoms with van der Waals surface area (Å²) >= 11 is 0. The highest BCUT2D eigenvalue weighted by Crippen LogP contribution is 2.19. The maximum Gasteiger partial charge on any atom is 0.408 e. The molecule has 0 aromatic heterocycles. The highest BCUT2D eigenvalue weighted by atomic mass is 19.3. The molecular formula is C15H19F2NO5. The van der Waals surface area contributed by atoms with Crippen LogP contribution in [0.1, 0.15) is 32.4 Å². The quantitative estimate of drug-likeness (QED) is 0.837. The average Bonchev–Trinajstić information content (AvgIpc) is 2.41. The standard InChI is InChI=1S/C15H19F2NO5/c1-15(2,3)23-14(21)18-12(13(19)20)9-4-6-10(7-5-9)22-8-11(16)17/h4-7,11-12H,8H2,1-3H3,(H,18,21)(H,19,20). The van der Waals surface area contributed by atoms with Crippen molar-refractivity contribution in [3.05, 3.63) is 29.8 Å². The van der Waals surface area contributed by atoms with Gasteiger partial charge in [-0.2, -0.15) is 0 Å². The fourth-order valence-corrected chi connectivity index (χ4v) is 1.63. The molecule has 0 aliphatic rings. The van der Waals surface area contributed by atoms with E-state index in [9.17, 15) is 23.5 Å². The number of hydrogen-bond donors (Lipinski definition) is 2. The van der Waals surface area contributed by atoms with Crippen molar-refractivity contribution in [3.63, 3.8) is 0 Å². The van der Waals surface area contributed by atoms with Gasteiger partial charge < -0.3 is 19.9 Å². The van der Waals surface area contributed by atoms with Crippen molar-refractivity contribution >= 4 is 12.1 Å². The number of carboxylic acids is 1. The normalized spacial score (nSPS) is 12.6. The summed E-state index contributed by atoms with van der Waals surface area (Å²) in [5.41, 5.74) is -0.507. The molecule has 1 amide bonds. The first-order valence-corrected chi connectivity index (χ1v) is 6.81. The zero-order valence-corrected chi connectivity index (χ0v) is 13.0. The number of alkyl carbamates (subject to hydrolysis) is 1. The Morgan fingerprint density at radius 1 is 1.22 bits per heavy atom. The molecule has 23 heavy (non-hydrogen) atoms. The summed E-state index contributed by atoms with van der Waals surface area (Å²) in [6.07, 6.45) is -3.47. The van der Waals surface area contributed by atoms with E-state index in [1.165, 1.54) is 24.3 Å². The first-order chi connectivity index (χ1) is 10.6. The smallest absolute Gasteiger partial charge is 0.408 e. The second-order valence-corrected chi connectivity index (χ2v) is 5.69. The van der Waals surface area contributed by atoms with Gasteiger partial charge in [-0.05, 0) is 38.5 Å². The Labute approximate surface area is 132 Å². The lowest BCUT2D eigenvalue weighted by Gasteiger charge is -2.22. The Bertz CT molecular complexity index is 540. The molecule has 2 N–H and O–H groups in total. The van der Waals surface area contributed by atoms with E-state index < -0.39 is 36.7 Å². The largest absolute Gasteiger partial charge is 0.488 e. The van der Waals surface area contributed by atoms with Crippen molar-refractivity contribution in [2.45, 2.75) is 38.8 Å². The second-order valence-electron chi connectivity index (χ2n) is 5.69. The number of hydrogen-bond acceptors (Lipinski definition) is 4. The molecule has 128 valence electrons. The maximum absolute atomic E-state index is 12.0. The number of nitrogens with one attached hydrogen (secondary N) is 1. The molecule has 1 atom stereocenters. The van der Waals surface area contributed by atoms with E-state index in [0.29, 0.717) is 0 Å². The molecule has 0 aliphatic carbocycles. The summed E-state index contributed by atoms with van der Waals surface area (Å²) in [6, 6.07) is 4.12. The molecule has 0 radical (unpaired) electrons. The fraction of sp³-hybridized carbons (Fsp3) is 0.467. The molecule has 6 nitrogen and oxygen atoms in total. The lowest BCUT2D eigenvalue weighted by molar-refractivity contribution is -0.139. The van der Waals surface area contributed by atoms with Crippen LogP contribution in [0.2, 0.25) is 0 Å². The highest BCUT2D eigenvalue weighted by Gasteiger charge is 2.25. The number of alkyl halides is 2. The number of carboxylic acid groups (broad SMARTS) is 1. The third-order valence-corrected chi connectivity index (χ3v) is 2.50. The van der Waals surface area contributed by atoms with Crippen LogP contribution < -0.4 is 10.1 Å². The molecular weight excluding hydrogens is 312 g/mol. The number of carbonyl (C=O) groups excluding carboxylic acids is 1. The zero-order valence-electron chi connectivity index (χ0n) is 13.0. The van der Waals surface area contributed by atoms with Crippen molar-refractivity contribution in [1.82, 2.24) is 5.32 Å². The number of rotatable bonds is 6. The zero-order chi connectivity index (χ0) is 17.6.